The van der Waals surface area contributed by atoms with Gasteiger partial charge in [-0.25, -0.2) is 9.97 Å². The Kier molecular flexibility index (Phi) is 5.74. The van der Waals surface area contributed by atoms with Crippen molar-refractivity contribution in [2.45, 2.75) is 5.92 Å². The van der Waals surface area contributed by atoms with Crippen molar-refractivity contribution in [3.63, 3.8) is 0 Å². The molecule has 0 saturated heterocycles. The number of para-hydroxylation sites is 2. The molecule has 1 atom stereocenters. The summed E-state index contributed by atoms with van der Waals surface area (Å²) in [7, 11) is 0. The Morgan fingerprint density at radius 2 is 1.08 bits per heavy atom. The predicted octanol–water partition coefficient (Wildman–Crippen LogP) is 13.4. The second-order valence-corrected chi connectivity index (χ2v) is 15.0. The van der Waals surface area contributed by atoms with Crippen molar-refractivity contribution >= 4 is 85.6 Å². The zero-order valence-electron chi connectivity index (χ0n) is 28.0. The second-order valence-electron chi connectivity index (χ2n) is 14.0. The highest BCUT2D eigenvalue weighted by atomic mass is 32.1. The fraction of sp³-hybridized carbons (Fsp3) is 0.0204. The molecule has 0 N–H and O–H groups in total. The largest absolute Gasteiger partial charge is 0.248 e. The van der Waals surface area contributed by atoms with Crippen LogP contribution in [0.4, 0.5) is 0 Å². The van der Waals surface area contributed by atoms with Crippen molar-refractivity contribution in [1.82, 2.24) is 9.97 Å². The molecule has 1 aliphatic carbocycles. The van der Waals surface area contributed by atoms with Gasteiger partial charge in [-0.2, -0.15) is 0 Å². The van der Waals surface area contributed by atoms with E-state index in [1.807, 2.05) is 11.3 Å². The minimum atomic E-state index is -0.104. The molecule has 11 aromatic rings. The summed E-state index contributed by atoms with van der Waals surface area (Å²) in [5.41, 5.74) is 10.1. The van der Waals surface area contributed by atoms with E-state index in [1.165, 1.54) is 85.5 Å². The first-order chi connectivity index (χ1) is 25.8. The monoisotopic (exact) mass is 676 g/mol. The standard InChI is InChI=1S/C49H28N2S/c1-3-13-32-28(11-1)21-22-30-23-24-31(27-38(30)32)47-48(51-40-20-10-9-19-39(40)50-47)44-36-17-7-5-15-34(36)42-35-16-6-8-18-37(35)45-43-33-14-4-2-12-29(33)25-26-41(43)52-49(45)46(42)44/h1-27,44H/t44-/m1/s1. The summed E-state index contributed by atoms with van der Waals surface area (Å²) in [5, 5.41) is 12.8. The average molecular weight is 677 g/mol. The molecule has 0 fully saturated rings. The van der Waals surface area contributed by atoms with E-state index in [9.17, 15) is 0 Å². The topological polar surface area (TPSA) is 25.8 Å². The summed E-state index contributed by atoms with van der Waals surface area (Å²) in [6, 6.07) is 59.7. The van der Waals surface area contributed by atoms with E-state index in [-0.39, 0.29) is 5.92 Å². The molecule has 0 spiro atoms. The molecule has 1 aliphatic rings. The van der Waals surface area contributed by atoms with Crippen LogP contribution in [0, 0.1) is 0 Å². The molecule has 3 heteroatoms. The van der Waals surface area contributed by atoms with E-state index in [4.69, 9.17) is 9.97 Å². The Morgan fingerprint density at radius 1 is 0.462 bits per heavy atom. The molecule has 2 nitrogen and oxygen atoms in total. The van der Waals surface area contributed by atoms with Gasteiger partial charge in [-0.05, 0) is 89.6 Å². The van der Waals surface area contributed by atoms with Gasteiger partial charge in [-0.3, -0.25) is 0 Å². The lowest BCUT2D eigenvalue weighted by atomic mass is 9.87. The molecular formula is C49H28N2S. The quantitative estimate of drug-likeness (QED) is 0.170. The normalized spacial score (nSPS) is 14.0. The third-order valence-electron chi connectivity index (χ3n) is 11.3. The third kappa shape index (κ3) is 3.83. The molecule has 0 aliphatic heterocycles. The zero-order valence-corrected chi connectivity index (χ0v) is 28.8. The number of hydrogen-bond acceptors (Lipinski definition) is 3. The third-order valence-corrected chi connectivity index (χ3v) is 12.5. The predicted molar refractivity (Wildman–Crippen MR) is 221 cm³/mol. The molecule has 0 saturated carbocycles. The molecule has 240 valence electrons. The Morgan fingerprint density at radius 3 is 1.92 bits per heavy atom. The van der Waals surface area contributed by atoms with Crippen LogP contribution in [0.1, 0.15) is 22.7 Å². The van der Waals surface area contributed by atoms with Gasteiger partial charge in [0, 0.05) is 25.7 Å². The maximum Gasteiger partial charge on any atom is 0.0935 e. The average Bonchev–Trinajstić information content (AvgIpc) is 3.77. The van der Waals surface area contributed by atoms with E-state index in [0.717, 1.165) is 28.0 Å². The SMILES string of the molecule is c1ccc2c(c1)-c1c(c3sc4ccc5ccccc5c4c3c3ccccc13)[C@@H]2c1nc2ccccc2nc1-c1ccc2ccc3ccccc3c2c1. The molecular weight excluding hydrogens is 649 g/mol. The van der Waals surface area contributed by atoms with Crippen molar-refractivity contribution in [2.75, 3.05) is 0 Å². The number of benzene rings is 9. The fourth-order valence-corrected chi connectivity index (χ4v) is 10.4. The van der Waals surface area contributed by atoms with Crippen LogP contribution in [0.25, 0.3) is 96.7 Å². The molecule has 2 heterocycles. The maximum absolute atomic E-state index is 5.61. The molecule has 12 rings (SSSR count). The molecule has 2 aromatic heterocycles. The van der Waals surface area contributed by atoms with E-state index >= 15 is 0 Å². The van der Waals surface area contributed by atoms with Crippen LogP contribution in [0.15, 0.2) is 164 Å². The number of rotatable bonds is 2. The first-order valence-corrected chi connectivity index (χ1v) is 18.7. The number of nitrogens with zero attached hydrogens (tertiary/aromatic N) is 2. The molecule has 52 heavy (non-hydrogen) atoms. The fourth-order valence-electron chi connectivity index (χ4n) is 9.05. The minimum absolute atomic E-state index is 0.104. The van der Waals surface area contributed by atoms with E-state index < -0.39 is 0 Å². The Bertz CT molecular complexity index is 3320. The number of fused-ring (bicyclic) bond motifs is 16. The van der Waals surface area contributed by atoms with Crippen molar-refractivity contribution in [3.8, 4) is 22.4 Å². The Labute approximate surface area is 303 Å². The van der Waals surface area contributed by atoms with Gasteiger partial charge in [-0.1, -0.05) is 140 Å². The first kappa shape index (κ1) is 28.3. The van der Waals surface area contributed by atoms with Crippen molar-refractivity contribution in [3.05, 3.63) is 181 Å². The molecule has 0 amide bonds. The van der Waals surface area contributed by atoms with Gasteiger partial charge >= 0.3 is 0 Å². The maximum atomic E-state index is 5.61. The highest BCUT2D eigenvalue weighted by molar-refractivity contribution is 7.26. The second kappa shape index (κ2) is 10.6. The summed E-state index contributed by atoms with van der Waals surface area (Å²) in [6.07, 6.45) is 0. The van der Waals surface area contributed by atoms with Gasteiger partial charge in [0.1, 0.15) is 0 Å². The molecule has 0 unspecified atom stereocenters. The van der Waals surface area contributed by atoms with Crippen molar-refractivity contribution in [2.24, 2.45) is 0 Å². The van der Waals surface area contributed by atoms with E-state index in [0.29, 0.717) is 0 Å². The smallest absolute Gasteiger partial charge is 0.0935 e. The summed E-state index contributed by atoms with van der Waals surface area (Å²) >= 11 is 1.93. The summed E-state index contributed by atoms with van der Waals surface area (Å²) in [4.78, 5) is 11.1. The summed E-state index contributed by atoms with van der Waals surface area (Å²) in [6.45, 7) is 0. The van der Waals surface area contributed by atoms with E-state index in [1.54, 1.807) is 0 Å². The molecule has 0 radical (unpaired) electrons. The van der Waals surface area contributed by atoms with Gasteiger partial charge < -0.3 is 0 Å². The summed E-state index contributed by atoms with van der Waals surface area (Å²) in [5.74, 6) is -0.104. The number of aromatic nitrogens is 2. The van der Waals surface area contributed by atoms with Crippen LogP contribution < -0.4 is 0 Å². The van der Waals surface area contributed by atoms with Gasteiger partial charge in [0.15, 0.2) is 0 Å². The minimum Gasteiger partial charge on any atom is -0.248 e. The number of thiophene rings is 1. The van der Waals surface area contributed by atoms with Crippen LogP contribution in [-0.4, -0.2) is 9.97 Å². The highest BCUT2D eigenvalue weighted by Crippen LogP contribution is 2.57. The lowest BCUT2D eigenvalue weighted by Crippen LogP contribution is -2.07. The summed E-state index contributed by atoms with van der Waals surface area (Å²) < 4.78 is 2.65. The van der Waals surface area contributed by atoms with Crippen LogP contribution >= 0.6 is 11.3 Å². The lowest BCUT2D eigenvalue weighted by molar-refractivity contribution is 0.958. The van der Waals surface area contributed by atoms with Crippen LogP contribution in [0.3, 0.4) is 0 Å². The Balaban J connectivity index is 1.24. The zero-order chi connectivity index (χ0) is 33.9. The van der Waals surface area contributed by atoms with Gasteiger partial charge in [-0.15, -0.1) is 11.3 Å². The Hall–Kier alpha value is -6.42. The number of hydrogen-bond donors (Lipinski definition) is 0. The van der Waals surface area contributed by atoms with Gasteiger partial charge in [0.05, 0.1) is 28.3 Å². The van der Waals surface area contributed by atoms with Crippen molar-refractivity contribution in [1.29, 1.82) is 0 Å². The van der Waals surface area contributed by atoms with Gasteiger partial charge in [0.25, 0.3) is 0 Å². The van der Waals surface area contributed by atoms with Crippen LogP contribution in [-0.2, 0) is 0 Å². The van der Waals surface area contributed by atoms with Gasteiger partial charge in [0.2, 0.25) is 0 Å². The first-order valence-electron chi connectivity index (χ1n) is 17.9. The molecule has 9 aromatic carbocycles. The highest BCUT2D eigenvalue weighted by Gasteiger charge is 2.37. The van der Waals surface area contributed by atoms with Crippen LogP contribution in [0.2, 0.25) is 0 Å². The van der Waals surface area contributed by atoms with Crippen LogP contribution in [0.5, 0.6) is 0 Å². The van der Waals surface area contributed by atoms with E-state index in [2.05, 4.69) is 164 Å². The molecule has 0 bridgehead atoms. The van der Waals surface area contributed by atoms with Crippen molar-refractivity contribution < 1.29 is 0 Å². The lowest BCUT2D eigenvalue weighted by Gasteiger charge is -2.19.